The SMILES string of the molecule is COC(=O)c1ccc(C(=O)Nc2ccncc2NC(=O)c2ccc(C(=O)OC)cc2)cc1. The van der Waals surface area contributed by atoms with Crippen LogP contribution in [-0.4, -0.2) is 43.0 Å². The number of anilines is 2. The Morgan fingerprint density at radius 2 is 1.03 bits per heavy atom. The smallest absolute Gasteiger partial charge is 0.337 e. The first-order chi connectivity index (χ1) is 15.4. The van der Waals surface area contributed by atoms with E-state index in [4.69, 9.17) is 0 Å². The topological polar surface area (TPSA) is 124 Å². The number of hydrogen-bond donors (Lipinski definition) is 2. The van der Waals surface area contributed by atoms with E-state index in [9.17, 15) is 19.2 Å². The number of amides is 2. The van der Waals surface area contributed by atoms with E-state index in [0.29, 0.717) is 27.9 Å². The van der Waals surface area contributed by atoms with Gasteiger partial charge in [-0.15, -0.1) is 0 Å². The zero-order valence-corrected chi connectivity index (χ0v) is 17.2. The Labute approximate surface area is 183 Å². The normalized spacial score (nSPS) is 10.1. The van der Waals surface area contributed by atoms with Crippen LogP contribution in [0.1, 0.15) is 41.4 Å². The Balaban J connectivity index is 1.73. The van der Waals surface area contributed by atoms with Gasteiger partial charge >= 0.3 is 11.9 Å². The molecule has 0 radical (unpaired) electrons. The molecule has 0 saturated heterocycles. The second-order valence-corrected chi connectivity index (χ2v) is 6.47. The average molecular weight is 433 g/mol. The van der Waals surface area contributed by atoms with Crippen molar-refractivity contribution in [2.75, 3.05) is 24.9 Å². The van der Waals surface area contributed by atoms with Crippen LogP contribution in [0.4, 0.5) is 11.4 Å². The van der Waals surface area contributed by atoms with E-state index in [1.54, 1.807) is 0 Å². The summed E-state index contributed by atoms with van der Waals surface area (Å²) in [4.78, 5) is 52.2. The molecular weight excluding hydrogens is 414 g/mol. The van der Waals surface area contributed by atoms with Crippen LogP contribution >= 0.6 is 0 Å². The number of pyridine rings is 1. The number of carbonyl (C=O) groups excluding carboxylic acids is 4. The quantitative estimate of drug-likeness (QED) is 0.572. The number of carbonyl (C=O) groups is 4. The second-order valence-electron chi connectivity index (χ2n) is 6.47. The molecule has 162 valence electrons. The zero-order chi connectivity index (χ0) is 23.1. The predicted octanol–water partition coefficient (Wildman–Crippen LogP) is 3.16. The third-order valence-electron chi connectivity index (χ3n) is 4.45. The van der Waals surface area contributed by atoms with Gasteiger partial charge < -0.3 is 20.1 Å². The van der Waals surface area contributed by atoms with Crippen LogP contribution in [0.25, 0.3) is 0 Å². The van der Waals surface area contributed by atoms with Gasteiger partial charge in [0.15, 0.2) is 0 Å². The van der Waals surface area contributed by atoms with Gasteiger partial charge in [-0.05, 0) is 54.6 Å². The van der Waals surface area contributed by atoms with Gasteiger partial charge in [-0.3, -0.25) is 14.6 Å². The number of hydrogen-bond acceptors (Lipinski definition) is 7. The standard InChI is InChI=1S/C23H19N3O6/c1-31-22(29)16-7-3-14(4-8-16)20(27)25-18-11-12-24-13-19(18)26-21(28)15-5-9-17(10-6-15)23(30)32-2/h3-13H,1-2H3,(H,26,28)(H,24,25,27). The number of nitrogens with zero attached hydrogens (tertiary/aromatic N) is 1. The number of ether oxygens (including phenoxy) is 2. The summed E-state index contributed by atoms with van der Waals surface area (Å²) < 4.78 is 9.27. The molecule has 0 aliphatic carbocycles. The number of rotatable bonds is 6. The first-order valence-corrected chi connectivity index (χ1v) is 9.36. The maximum Gasteiger partial charge on any atom is 0.337 e. The van der Waals surface area contributed by atoms with E-state index in [1.807, 2.05) is 0 Å². The van der Waals surface area contributed by atoms with Crippen molar-refractivity contribution < 1.29 is 28.7 Å². The molecule has 1 aromatic heterocycles. The predicted molar refractivity (Wildman–Crippen MR) is 116 cm³/mol. The fraction of sp³-hybridized carbons (Fsp3) is 0.0870. The van der Waals surface area contributed by atoms with Gasteiger partial charge in [-0.1, -0.05) is 0 Å². The molecule has 32 heavy (non-hydrogen) atoms. The fourth-order valence-corrected chi connectivity index (χ4v) is 2.74. The Bertz CT molecular complexity index is 1060. The minimum atomic E-state index is -0.506. The van der Waals surface area contributed by atoms with Crippen LogP contribution in [0.5, 0.6) is 0 Å². The van der Waals surface area contributed by atoms with Crippen molar-refractivity contribution in [1.29, 1.82) is 0 Å². The summed E-state index contributed by atoms with van der Waals surface area (Å²) >= 11 is 0. The molecule has 3 aromatic rings. The van der Waals surface area contributed by atoms with E-state index in [1.165, 1.54) is 81.2 Å². The Morgan fingerprint density at radius 1 is 0.625 bits per heavy atom. The largest absolute Gasteiger partial charge is 0.465 e. The van der Waals surface area contributed by atoms with E-state index in [-0.39, 0.29) is 5.69 Å². The summed E-state index contributed by atoms with van der Waals surface area (Å²) in [6, 6.07) is 13.4. The van der Waals surface area contributed by atoms with Crippen LogP contribution in [0, 0.1) is 0 Å². The molecule has 0 atom stereocenters. The zero-order valence-electron chi connectivity index (χ0n) is 17.2. The Morgan fingerprint density at radius 3 is 1.47 bits per heavy atom. The fourth-order valence-electron chi connectivity index (χ4n) is 2.74. The van der Waals surface area contributed by atoms with Gasteiger partial charge in [-0.25, -0.2) is 9.59 Å². The second kappa shape index (κ2) is 9.98. The lowest BCUT2D eigenvalue weighted by atomic mass is 10.1. The lowest BCUT2D eigenvalue weighted by molar-refractivity contribution is 0.0592. The minimum Gasteiger partial charge on any atom is -0.465 e. The van der Waals surface area contributed by atoms with Crippen LogP contribution in [0.15, 0.2) is 67.0 Å². The highest BCUT2D eigenvalue weighted by atomic mass is 16.5. The minimum absolute atomic E-state index is 0.286. The first kappa shape index (κ1) is 22.2. The molecule has 2 aromatic carbocycles. The molecule has 3 rings (SSSR count). The number of benzene rings is 2. The highest BCUT2D eigenvalue weighted by molar-refractivity contribution is 6.10. The highest BCUT2D eigenvalue weighted by Gasteiger charge is 2.14. The van der Waals surface area contributed by atoms with Gasteiger partial charge in [-0.2, -0.15) is 0 Å². The van der Waals surface area contributed by atoms with Crippen LogP contribution < -0.4 is 10.6 Å². The van der Waals surface area contributed by atoms with Gasteiger partial charge in [0.25, 0.3) is 11.8 Å². The maximum atomic E-state index is 12.6. The van der Waals surface area contributed by atoms with Crippen molar-refractivity contribution >= 4 is 35.1 Å². The lowest BCUT2D eigenvalue weighted by Gasteiger charge is -2.12. The van der Waals surface area contributed by atoms with Crippen molar-refractivity contribution in [2.24, 2.45) is 0 Å². The molecule has 2 amide bonds. The molecule has 0 spiro atoms. The Hall–Kier alpha value is -4.53. The molecule has 1 heterocycles. The van der Waals surface area contributed by atoms with E-state index in [2.05, 4.69) is 25.1 Å². The van der Waals surface area contributed by atoms with E-state index < -0.39 is 23.8 Å². The number of methoxy groups -OCH3 is 2. The van der Waals surface area contributed by atoms with Gasteiger partial charge in [0.2, 0.25) is 0 Å². The summed E-state index contributed by atoms with van der Waals surface area (Å²) in [7, 11) is 2.55. The number of esters is 2. The summed E-state index contributed by atoms with van der Waals surface area (Å²) in [5.74, 6) is -1.90. The molecule has 2 N–H and O–H groups in total. The summed E-state index contributed by atoms with van der Waals surface area (Å²) in [6.07, 6.45) is 2.87. The molecule has 0 bridgehead atoms. The maximum absolute atomic E-state index is 12.6. The number of aromatic nitrogens is 1. The van der Waals surface area contributed by atoms with Gasteiger partial charge in [0.05, 0.1) is 42.9 Å². The third-order valence-corrected chi connectivity index (χ3v) is 4.45. The molecule has 0 saturated carbocycles. The lowest BCUT2D eigenvalue weighted by Crippen LogP contribution is -2.17. The summed E-state index contributed by atoms with van der Waals surface area (Å²) in [5, 5.41) is 5.39. The van der Waals surface area contributed by atoms with Gasteiger partial charge in [0.1, 0.15) is 0 Å². The molecule has 9 nitrogen and oxygen atoms in total. The van der Waals surface area contributed by atoms with Crippen molar-refractivity contribution in [3.05, 3.63) is 89.2 Å². The van der Waals surface area contributed by atoms with Gasteiger partial charge in [0, 0.05) is 17.3 Å². The molecule has 0 aliphatic rings. The molecule has 0 unspecified atom stereocenters. The first-order valence-electron chi connectivity index (χ1n) is 9.36. The monoisotopic (exact) mass is 433 g/mol. The Kier molecular flexibility index (Phi) is 6.92. The molecule has 0 fully saturated rings. The van der Waals surface area contributed by atoms with Crippen LogP contribution in [-0.2, 0) is 9.47 Å². The van der Waals surface area contributed by atoms with Crippen molar-refractivity contribution in [1.82, 2.24) is 4.98 Å². The van der Waals surface area contributed by atoms with Crippen LogP contribution in [0.3, 0.4) is 0 Å². The van der Waals surface area contributed by atoms with Crippen molar-refractivity contribution in [3.63, 3.8) is 0 Å². The average Bonchev–Trinajstić information content (AvgIpc) is 2.84. The third kappa shape index (κ3) is 5.14. The van der Waals surface area contributed by atoms with Crippen molar-refractivity contribution in [3.8, 4) is 0 Å². The molecular formula is C23H19N3O6. The molecule has 9 heteroatoms. The highest BCUT2D eigenvalue weighted by Crippen LogP contribution is 2.22. The van der Waals surface area contributed by atoms with E-state index in [0.717, 1.165) is 0 Å². The number of nitrogens with one attached hydrogen (secondary N) is 2. The summed E-state index contributed by atoms with van der Waals surface area (Å²) in [6.45, 7) is 0. The van der Waals surface area contributed by atoms with E-state index >= 15 is 0 Å². The molecule has 0 aliphatic heterocycles. The van der Waals surface area contributed by atoms with Crippen molar-refractivity contribution in [2.45, 2.75) is 0 Å². The van der Waals surface area contributed by atoms with Crippen LogP contribution in [0.2, 0.25) is 0 Å². The summed E-state index contributed by atoms with van der Waals surface area (Å²) in [5.41, 5.74) is 1.87.